The van der Waals surface area contributed by atoms with Crippen LogP contribution < -0.4 is 14.2 Å². The van der Waals surface area contributed by atoms with Crippen molar-refractivity contribution in [2.45, 2.75) is 6.92 Å². The van der Waals surface area contributed by atoms with Gasteiger partial charge in [-0.15, -0.1) is 0 Å². The summed E-state index contributed by atoms with van der Waals surface area (Å²) in [5, 5.41) is 68.2. The van der Waals surface area contributed by atoms with Crippen LogP contribution in [0.1, 0.15) is 38.0 Å². The summed E-state index contributed by atoms with van der Waals surface area (Å²) < 4.78 is 14.5. The van der Waals surface area contributed by atoms with Crippen molar-refractivity contribution in [1.29, 1.82) is 0 Å². The number of benzene rings is 3. The highest BCUT2D eigenvalue weighted by atomic mass is 16.6. The van der Waals surface area contributed by atoms with E-state index in [0.29, 0.717) is 12.1 Å². The van der Waals surface area contributed by atoms with Gasteiger partial charge in [-0.2, -0.15) is 0 Å². The quantitative estimate of drug-likeness (QED) is 0.141. The molecule has 0 spiro atoms. The lowest BCUT2D eigenvalue weighted by Crippen LogP contribution is -2.12. The van der Waals surface area contributed by atoms with Crippen LogP contribution in [0, 0.1) is 0 Å². The first-order chi connectivity index (χ1) is 17.3. The first-order valence-electron chi connectivity index (χ1n) is 9.82. The Morgan fingerprint density at radius 3 is 1.22 bits per heavy atom. The van der Waals surface area contributed by atoms with Crippen molar-refractivity contribution in [1.82, 2.24) is 0 Å². The second-order valence-electron chi connectivity index (χ2n) is 7.20. The van der Waals surface area contributed by atoms with Gasteiger partial charge in [0.25, 0.3) is 0 Å². The Labute approximate surface area is 205 Å². The van der Waals surface area contributed by atoms with Crippen LogP contribution in [-0.4, -0.2) is 59.6 Å². The van der Waals surface area contributed by atoms with E-state index in [9.17, 15) is 49.8 Å². The molecule has 0 atom stereocenters. The normalized spacial score (nSPS) is 10.4. The van der Waals surface area contributed by atoms with Gasteiger partial charge in [0, 0.05) is 6.92 Å². The van der Waals surface area contributed by atoms with E-state index >= 15 is 0 Å². The highest BCUT2D eigenvalue weighted by Gasteiger charge is 2.23. The predicted octanol–water partition coefficient (Wildman–Crippen LogP) is 1.98. The zero-order chi connectivity index (χ0) is 27.6. The molecule has 0 aliphatic carbocycles. The van der Waals surface area contributed by atoms with Crippen LogP contribution in [0.3, 0.4) is 0 Å². The van der Waals surface area contributed by atoms with Gasteiger partial charge in [0.05, 0.1) is 16.7 Å². The van der Waals surface area contributed by atoms with E-state index in [1.165, 1.54) is 0 Å². The van der Waals surface area contributed by atoms with E-state index in [2.05, 4.69) is 4.74 Å². The number of hydrogen-bond donors (Lipinski definition) is 7. The lowest BCUT2D eigenvalue weighted by molar-refractivity contribution is -0.132. The molecule has 0 amide bonds. The largest absolute Gasteiger partial charge is 0.504 e. The second-order valence-corrected chi connectivity index (χ2v) is 7.20. The van der Waals surface area contributed by atoms with E-state index in [1.807, 2.05) is 0 Å². The van der Waals surface area contributed by atoms with Crippen molar-refractivity contribution < 1.29 is 69.1 Å². The number of carboxylic acids is 1. The van der Waals surface area contributed by atoms with Crippen molar-refractivity contribution >= 4 is 23.9 Å². The van der Waals surface area contributed by atoms with Crippen LogP contribution in [0.25, 0.3) is 0 Å². The molecule has 0 aliphatic rings. The SMILES string of the molecule is CC(=O)Oc1cc(C(=O)Oc2cc(C(=O)Oc3cc(C(=O)O)cc(O)c3O)cc(O)c2O)cc(O)c1O. The minimum atomic E-state index is -1.51. The number of rotatable bonds is 6. The standard InChI is InChI=1S/C23H16O14/c1-8(24)35-15-6-10(3-13(26)18(15)28)22(33)37-17-7-11(4-14(27)20(17)30)23(34)36-16-5-9(21(31)32)2-12(25)19(16)29/h2-7,25-30H,1H3,(H,31,32). The van der Waals surface area contributed by atoms with Crippen molar-refractivity contribution in [2.75, 3.05) is 0 Å². The number of phenols is 6. The van der Waals surface area contributed by atoms with Gasteiger partial charge < -0.3 is 50.0 Å². The van der Waals surface area contributed by atoms with E-state index in [0.717, 1.165) is 31.2 Å². The molecule has 0 aliphatic heterocycles. The van der Waals surface area contributed by atoms with Crippen LogP contribution in [0.2, 0.25) is 0 Å². The Bertz CT molecular complexity index is 1460. The lowest BCUT2D eigenvalue weighted by atomic mass is 10.1. The summed E-state index contributed by atoms with van der Waals surface area (Å²) in [6, 6.07) is 4.43. The molecule has 192 valence electrons. The van der Waals surface area contributed by atoms with Crippen LogP contribution in [-0.2, 0) is 4.79 Å². The molecule has 37 heavy (non-hydrogen) atoms. The van der Waals surface area contributed by atoms with Crippen LogP contribution in [0.5, 0.6) is 51.7 Å². The van der Waals surface area contributed by atoms with Gasteiger partial charge in [-0.3, -0.25) is 4.79 Å². The summed E-state index contributed by atoms with van der Waals surface area (Å²) in [6.45, 7) is 0.992. The third kappa shape index (κ3) is 5.54. The molecule has 3 rings (SSSR count). The van der Waals surface area contributed by atoms with E-state index in [-0.39, 0.29) is 0 Å². The molecule has 0 heterocycles. The van der Waals surface area contributed by atoms with Crippen LogP contribution in [0.4, 0.5) is 0 Å². The van der Waals surface area contributed by atoms with Gasteiger partial charge in [0.1, 0.15) is 0 Å². The number of carbonyl (C=O) groups is 4. The zero-order valence-corrected chi connectivity index (χ0v) is 18.5. The van der Waals surface area contributed by atoms with Gasteiger partial charge in [-0.1, -0.05) is 0 Å². The number of aromatic hydroxyl groups is 6. The molecule has 3 aromatic carbocycles. The van der Waals surface area contributed by atoms with Crippen molar-refractivity contribution in [2.24, 2.45) is 0 Å². The molecule has 0 fully saturated rings. The highest BCUT2D eigenvalue weighted by Crippen LogP contribution is 2.41. The number of phenolic OH excluding ortho intramolecular Hbond substituents is 6. The average Bonchev–Trinajstić information content (AvgIpc) is 2.81. The summed E-state index contributed by atoms with van der Waals surface area (Å²) in [6.07, 6.45) is 0. The van der Waals surface area contributed by atoms with Gasteiger partial charge >= 0.3 is 23.9 Å². The molecule has 3 aromatic rings. The zero-order valence-electron chi connectivity index (χ0n) is 18.5. The van der Waals surface area contributed by atoms with E-state index < -0.39 is 92.3 Å². The topological polar surface area (TPSA) is 238 Å². The smallest absolute Gasteiger partial charge is 0.343 e. The molecule has 14 heteroatoms. The molecule has 7 N–H and O–H groups in total. The Morgan fingerprint density at radius 1 is 0.541 bits per heavy atom. The number of ether oxygens (including phenoxy) is 3. The molecule has 0 aromatic heterocycles. The first-order valence-corrected chi connectivity index (χ1v) is 9.82. The predicted molar refractivity (Wildman–Crippen MR) is 118 cm³/mol. The Kier molecular flexibility index (Phi) is 6.95. The highest BCUT2D eigenvalue weighted by molar-refractivity contribution is 5.96. The number of hydrogen-bond acceptors (Lipinski definition) is 13. The summed E-state index contributed by atoms with van der Waals surface area (Å²) in [5.41, 5.74) is -1.58. The minimum Gasteiger partial charge on any atom is -0.504 e. The molecule has 0 bridgehead atoms. The molecule has 14 nitrogen and oxygen atoms in total. The third-order valence-electron chi connectivity index (χ3n) is 4.54. The fourth-order valence-corrected chi connectivity index (χ4v) is 2.84. The molecule has 0 saturated carbocycles. The average molecular weight is 516 g/mol. The van der Waals surface area contributed by atoms with Crippen LogP contribution in [0.15, 0.2) is 36.4 Å². The van der Waals surface area contributed by atoms with Gasteiger partial charge in [0.15, 0.2) is 34.5 Å². The summed E-state index contributed by atoms with van der Waals surface area (Å²) >= 11 is 0. The van der Waals surface area contributed by atoms with Gasteiger partial charge in [0.2, 0.25) is 17.2 Å². The van der Waals surface area contributed by atoms with Gasteiger partial charge in [-0.25, -0.2) is 14.4 Å². The maximum atomic E-state index is 12.6. The Morgan fingerprint density at radius 2 is 0.865 bits per heavy atom. The number of carbonyl (C=O) groups excluding carboxylic acids is 3. The maximum absolute atomic E-state index is 12.6. The summed E-state index contributed by atoms with van der Waals surface area (Å²) in [7, 11) is 0. The Balaban J connectivity index is 1.93. The van der Waals surface area contributed by atoms with Gasteiger partial charge in [-0.05, 0) is 36.4 Å². The molecule has 0 saturated heterocycles. The number of esters is 3. The molecule has 0 unspecified atom stereocenters. The number of aromatic carboxylic acids is 1. The first kappa shape index (κ1) is 26.0. The second kappa shape index (κ2) is 9.91. The molecular weight excluding hydrogens is 500 g/mol. The maximum Gasteiger partial charge on any atom is 0.343 e. The lowest BCUT2D eigenvalue weighted by Gasteiger charge is -2.12. The van der Waals surface area contributed by atoms with Crippen LogP contribution >= 0.6 is 0 Å². The summed E-state index contributed by atoms with van der Waals surface area (Å²) in [4.78, 5) is 47.4. The fourth-order valence-electron chi connectivity index (χ4n) is 2.84. The number of carboxylic acid groups (broad SMARTS) is 1. The van der Waals surface area contributed by atoms with E-state index in [1.54, 1.807) is 0 Å². The third-order valence-corrected chi connectivity index (χ3v) is 4.54. The fraction of sp³-hybridized carbons (Fsp3) is 0.0435. The van der Waals surface area contributed by atoms with Crippen molar-refractivity contribution in [3.63, 3.8) is 0 Å². The monoisotopic (exact) mass is 516 g/mol. The molecular formula is C23H16O14. The van der Waals surface area contributed by atoms with E-state index in [4.69, 9.17) is 14.6 Å². The summed E-state index contributed by atoms with van der Waals surface area (Å²) in [5.74, 6) is -12.7. The van der Waals surface area contributed by atoms with Crippen molar-refractivity contribution in [3.8, 4) is 51.7 Å². The molecule has 0 radical (unpaired) electrons. The van der Waals surface area contributed by atoms with Crippen molar-refractivity contribution in [3.05, 3.63) is 53.1 Å². The Hall–Kier alpha value is -5.66. The minimum absolute atomic E-state index is 0.482.